The Morgan fingerprint density at radius 1 is 0.500 bits per heavy atom. The molecule has 2 aromatic heterocycles. The number of methoxy groups -OCH3 is 2. The molecule has 10 heteroatoms. The van der Waals surface area contributed by atoms with Gasteiger partial charge in [-0.25, -0.2) is 0 Å². The van der Waals surface area contributed by atoms with E-state index in [0.717, 1.165) is 88.8 Å². The summed E-state index contributed by atoms with van der Waals surface area (Å²) in [6.07, 6.45) is 8.55. The van der Waals surface area contributed by atoms with Crippen LogP contribution in [0.4, 0.5) is 0 Å². The van der Waals surface area contributed by atoms with Gasteiger partial charge in [0.05, 0.1) is 28.4 Å². The highest BCUT2D eigenvalue weighted by Crippen LogP contribution is 2.44. The van der Waals surface area contributed by atoms with Crippen LogP contribution in [0.1, 0.15) is 123 Å². The van der Waals surface area contributed by atoms with Gasteiger partial charge in [0.15, 0.2) is 0 Å². The van der Waals surface area contributed by atoms with Crippen LogP contribution in [0, 0.1) is 33.6 Å². The van der Waals surface area contributed by atoms with Gasteiger partial charge in [0.1, 0.15) is 33.8 Å². The smallest absolute Gasteiger partial charge is 0.387 e. The second kappa shape index (κ2) is 24.2. The van der Waals surface area contributed by atoms with Gasteiger partial charge in [-0.05, 0) is 149 Å². The average Bonchev–Trinajstić information content (AvgIpc) is 3.53. The van der Waals surface area contributed by atoms with Crippen molar-refractivity contribution in [3.8, 4) is 11.5 Å². The number of benzene rings is 4. The molecule has 0 spiro atoms. The minimum Gasteiger partial charge on any atom is -0.497 e. The Bertz CT molecular complexity index is 2940. The number of ether oxygens (including phenoxy) is 2. The van der Waals surface area contributed by atoms with Gasteiger partial charge in [-0.1, -0.05) is 127 Å². The lowest BCUT2D eigenvalue weighted by atomic mass is 9.84. The largest absolute Gasteiger partial charge is 0.497 e. The molecule has 0 aliphatic carbocycles. The van der Waals surface area contributed by atoms with Crippen molar-refractivity contribution in [3.63, 3.8) is 0 Å². The molecule has 0 radical (unpaired) electrons. The summed E-state index contributed by atoms with van der Waals surface area (Å²) in [7, 11) is 3.55. The molecule has 378 valence electrons. The zero-order valence-electron chi connectivity index (χ0n) is 46.1. The van der Waals surface area contributed by atoms with Gasteiger partial charge < -0.3 is 26.3 Å². The third-order valence-electron chi connectivity index (χ3n) is 11.7. The van der Waals surface area contributed by atoms with Gasteiger partial charge >= 0.3 is 16.5 Å². The van der Waals surface area contributed by atoms with Crippen molar-refractivity contribution in [2.75, 3.05) is 28.4 Å². The summed E-state index contributed by atoms with van der Waals surface area (Å²) in [5, 5.41) is 3.99. The molecule has 0 atom stereocenters. The van der Waals surface area contributed by atoms with E-state index >= 15 is 0 Å². The first-order chi connectivity index (χ1) is 32.6. The predicted octanol–water partition coefficient (Wildman–Crippen LogP) is 19.1. The highest BCUT2D eigenvalue weighted by molar-refractivity contribution is 7.32. The van der Waals surface area contributed by atoms with Crippen LogP contribution in [0.3, 0.4) is 0 Å². The van der Waals surface area contributed by atoms with E-state index in [2.05, 4.69) is 179 Å². The summed E-state index contributed by atoms with van der Waals surface area (Å²) < 4.78 is 46.8. The maximum atomic E-state index is 6.31. The maximum Gasteiger partial charge on any atom is 0.387 e. The zero-order valence-corrected chi connectivity index (χ0v) is 47.9. The third-order valence-corrected chi connectivity index (χ3v) is 13.6. The topological polar surface area (TPSA) is 89.5 Å². The van der Waals surface area contributed by atoms with Gasteiger partial charge in [0, 0.05) is 32.7 Å². The fraction of sp³-hybridized carbons (Fsp3) is 0.400. The van der Waals surface area contributed by atoms with Crippen molar-refractivity contribution >= 4 is 60.4 Å². The van der Waals surface area contributed by atoms with Crippen LogP contribution < -0.4 is 18.5 Å². The van der Waals surface area contributed by atoms with E-state index in [4.69, 9.17) is 35.3 Å². The Morgan fingerprint density at radius 3 is 1.16 bits per heavy atom. The molecule has 0 fully saturated rings. The molecule has 0 bridgehead atoms. The Morgan fingerprint density at radius 2 is 0.843 bits per heavy atom. The Labute approximate surface area is 421 Å². The monoisotopic (exact) mass is 991 g/mol. The Balaban J connectivity index is 0.000000234. The Kier molecular flexibility index (Phi) is 19.8. The van der Waals surface area contributed by atoms with Crippen LogP contribution in [-0.2, 0) is 10.8 Å². The fourth-order valence-electron chi connectivity index (χ4n) is 7.99. The molecule has 8 nitrogen and oxygen atoms in total. The lowest BCUT2D eigenvalue weighted by Crippen LogP contribution is -2.12. The molecular weight excluding hydrogens is 911 g/mol. The number of fused-ring (bicyclic) bond motifs is 6. The highest BCUT2D eigenvalue weighted by atomic mass is 31.1. The van der Waals surface area contributed by atoms with E-state index < -0.39 is 16.5 Å². The first-order valence-electron chi connectivity index (χ1n) is 23.8. The standard InChI is InChI=1S/C23H31O5P.C20H30.C17H19O3P/c1-22(2,3)18-12-14(24-7)10-16-17-11-15(25-8)13-19(23(4,5)6)21(17)28-29(26-9)27-20(16)18;1-14(2)10-16(5)12-19(8)20(9)13-17(6)11-18(7)15(3)4;1-10-6-12(3)16-14(8-10)15-9-11(2)7-13(4)17(15)20-21(18-5)19-16/h10-13H,1-9H3;10-13,15H,8-9H2,1-7H3;6-9H,1-5H3/b;16-12-,17-13-,18-11+;. The second-order valence-corrected chi connectivity index (χ2v) is 23.1. The molecule has 4 aromatic carbocycles. The van der Waals surface area contributed by atoms with Crippen LogP contribution in [0.25, 0.3) is 43.9 Å². The van der Waals surface area contributed by atoms with Gasteiger partial charge in [-0.15, -0.1) is 0 Å². The quantitative estimate of drug-likeness (QED) is 0.125. The number of rotatable bonds is 10. The van der Waals surface area contributed by atoms with Crippen LogP contribution in [0.15, 0.2) is 136 Å². The minimum atomic E-state index is -1.61. The first-order valence-corrected chi connectivity index (χ1v) is 26.0. The summed E-state index contributed by atoms with van der Waals surface area (Å²) in [5.41, 5.74) is 16.6. The van der Waals surface area contributed by atoms with Gasteiger partial charge in [0.2, 0.25) is 0 Å². The van der Waals surface area contributed by atoms with Crippen molar-refractivity contribution in [1.82, 2.24) is 0 Å². The van der Waals surface area contributed by atoms with E-state index in [0.29, 0.717) is 5.92 Å². The van der Waals surface area contributed by atoms with Crippen molar-refractivity contribution < 1.29 is 35.3 Å². The zero-order chi connectivity index (χ0) is 52.6. The third kappa shape index (κ3) is 14.8. The fourth-order valence-corrected chi connectivity index (χ4v) is 9.83. The lowest BCUT2D eigenvalue weighted by molar-refractivity contribution is 0.412. The lowest BCUT2D eigenvalue weighted by Gasteiger charge is -2.21. The number of hydrogen-bond acceptors (Lipinski definition) is 8. The number of hydrogen-bond donors (Lipinski definition) is 0. The molecule has 70 heavy (non-hydrogen) atoms. The summed E-state index contributed by atoms with van der Waals surface area (Å²) in [4.78, 5) is 0. The summed E-state index contributed by atoms with van der Waals surface area (Å²) in [6.45, 7) is 44.4. The molecule has 0 aliphatic heterocycles. The van der Waals surface area contributed by atoms with Crippen molar-refractivity contribution in [3.05, 3.63) is 153 Å². The highest BCUT2D eigenvalue weighted by Gasteiger charge is 2.26. The van der Waals surface area contributed by atoms with E-state index in [-0.39, 0.29) is 10.8 Å². The number of allylic oxidation sites excluding steroid dienone is 10. The predicted molar refractivity (Wildman–Crippen MR) is 301 cm³/mol. The van der Waals surface area contributed by atoms with Crippen LogP contribution in [0.2, 0.25) is 0 Å². The molecule has 0 aliphatic rings. The Hall–Kier alpha value is -5.36. The number of aryl methyl sites for hydroxylation is 4. The van der Waals surface area contributed by atoms with Crippen molar-refractivity contribution in [1.29, 1.82) is 0 Å². The molecule has 0 N–H and O–H groups in total. The van der Waals surface area contributed by atoms with E-state index in [1.165, 1.54) is 33.4 Å². The first kappa shape index (κ1) is 57.2. The average molecular weight is 991 g/mol. The van der Waals surface area contributed by atoms with Gasteiger partial charge in [0.25, 0.3) is 0 Å². The van der Waals surface area contributed by atoms with Gasteiger partial charge in [-0.2, -0.15) is 0 Å². The molecule has 6 aromatic rings. The molecule has 0 unspecified atom stereocenters. The van der Waals surface area contributed by atoms with Crippen molar-refractivity contribution in [2.45, 2.75) is 129 Å². The molecule has 0 amide bonds. The molecule has 2 heterocycles. The SMILES string of the molecule is C=C(/C=C(/C)C=C(C)C)C(=C)/C=C(C)\C=C(/C)C(C)C.COc1cc(C(C)(C)C)c2op(OC)oc3c(C(C)(C)C)cc(OC)cc3c2c1.COp1oc2c(C)cc(C)cc2c2cc(C)cc(C)c2o1. The molecule has 6 rings (SSSR count). The van der Waals surface area contributed by atoms with E-state index in [1.807, 2.05) is 24.3 Å². The van der Waals surface area contributed by atoms with Crippen LogP contribution in [0.5, 0.6) is 11.5 Å². The normalized spacial score (nSPS) is 12.4. The minimum absolute atomic E-state index is 0.163. The molecule has 0 saturated heterocycles. The van der Waals surface area contributed by atoms with Gasteiger partial charge in [-0.3, -0.25) is 9.05 Å². The summed E-state index contributed by atoms with van der Waals surface area (Å²) in [5.74, 6) is 2.12. The summed E-state index contributed by atoms with van der Waals surface area (Å²) >= 11 is 0. The van der Waals surface area contributed by atoms with Crippen LogP contribution in [-0.4, -0.2) is 28.4 Å². The molecule has 0 saturated carbocycles. The second-order valence-electron chi connectivity index (χ2n) is 20.8. The maximum absolute atomic E-state index is 6.31. The van der Waals surface area contributed by atoms with E-state index in [9.17, 15) is 0 Å². The summed E-state index contributed by atoms with van der Waals surface area (Å²) in [6, 6.07) is 16.6. The molecular formula is C60H80O8P2. The van der Waals surface area contributed by atoms with E-state index in [1.54, 1.807) is 28.4 Å². The van der Waals surface area contributed by atoms with Crippen LogP contribution >= 0.6 is 16.5 Å². The van der Waals surface area contributed by atoms with Crippen molar-refractivity contribution in [2.24, 2.45) is 5.92 Å².